The first-order chi connectivity index (χ1) is 24.7. The number of allylic oxidation sites excluding steroid dienone is 7. The van der Waals surface area contributed by atoms with E-state index >= 15 is 0 Å². The van der Waals surface area contributed by atoms with Gasteiger partial charge in [0.1, 0.15) is 7.05 Å². The van der Waals surface area contributed by atoms with Crippen LogP contribution in [0.5, 0.6) is 0 Å². The Morgan fingerprint density at radius 2 is 1.22 bits per heavy atom. The number of anilines is 2. The van der Waals surface area contributed by atoms with Crippen LogP contribution in [0.25, 0.3) is 5.57 Å². The Hall–Kier alpha value is -5.64. The smallest absolute Gasteiger partial charge is 0.269 e. The molecule has 264 valence electrons. The Morgan fingerprint density at radius 1 is 0.686 bits per heavy atom. The van der Waals surface area contributed by atoms with Gasteiger partial charge in [0.05, 0.1) is 22.8 Å². The molecule has 0 atom stereocenters. The van der Waals surface area contributed by atoms with Crippen molar-refractivity contribution in [1.82, 2.24) is 0 Å². The molecule has 0 radical (unpaired) electrons. The zero-order valence-corrected chi connectivity index (χ0v) is 29.9. The topological polar surface area (TPSA) is 117 Å². The third-order valence-electron chi connectivity index (χ3n) is 9.23. The van der Waals surface area contributed by atoms with Gasteiger partial charge in [-0.05, 0) is 91.6 Å². The molecular formula is C41H46N6O4. The summed E-state index contributed by atoms with van der Waals surface area (Å²) >= 11 is 0. The number of carbonyl (C=O) groups is 1. The van der Waals surface area contributed by atoms with Crippen LogP contribution in [-0.4, -0.2) is 60.8 Å². The lowest BCUT2D eigenvalue weighted by Gasteiger charge is -2.32. The van der Waals surface area contributed by atoms with Crippen LogP contribution in [0.4, 0.5) is 28.4 Å². The highest BCUT2D eigenvalue weighted by Crippen LogP contribution is 2.38. The zero-order valence-electron chi connectivity index (χ0n) is 29.9. The van der Waals surface area contributed by atoms with Crippen LogP contribution in [0.1, 0.15) is 52.0 Å². The minimum atomic E-state index is -0.446. The molecule has 0 N–H and O–H groups in total. The number of nitro groups is 1. The fourth-order valence-electron chi connectivity index (χ4n) is 6.06. The van der Waals surface area contributed by atoms with Crippen molar-refractivity contribution in [3.63, 3.8) is 0 Å². The fourth-order valence-corrected chi connectivity index (χ4v) is 6.06. The maximum atomic E-state index is 13.2. The lowest BCUT2D eigenvalue weighted by molar-refractivity contribution is -0.493. The maximum Gasteiger partial charge on any atom is 0.269 e. The molecule has 0 bridgehead atoms. The van der Waals surface area contributed by atoms with E-state index in [4.69, 9.17) is 0 Å². The van der Waals surface area contributed by atoms with Crippen molar-refractivity contribution in [2.75, 3.05) is 49.6 Å². The van der Waals surface area contributed by atoms with Crippen molar-refractivity contribution in [2.24, 2.45) is 10.2 Å². The first-order valence-electron chi connectivity index (χ1n) is 17.8. The van der Waals surface area contributed by atoms with Crippen molar-refractivity contribution in [3.05, 3.63) is 130 Å². The summed E-state index contributed by atoms with van der Waals surface area (Å²) in [5.41, 5.74) is 6.26. The Balaban J connectivity index is 1.19. The summed E-state index contributed by atoms with van der Waals surface area (Å²) in [6.07, 6.45) is 12.2. The number of hydrogen-bond acceptors (Lipinski definition) is 8. The van der Waals surface area contributed by atoms with Crippen LogP contribution in [0.3, 0.4) is 0 Å². The number of unbranched alkanes of at least 4 members (excludes halogenated alkanes) is 2. The highest BCUT2D eigenvalue weighted by Gasteiger charge is 2.30. The molecule has 51 heavy (non-hydrogen) atoms. The van der Waals surface area contributed by atoms with Gasteiger partial charge in [-0.2, -0.15) is 10.2 Å². The van der Waals surface area contributed by atoms with Crippen molar-refractivity contribution in [2.45, 2.75) is 46.5 Å². The predicted octanol–water partition coefficient (Wildman–Crippen LogP) is 8.10. The van der Waals surface area contributed by atoms with Gasteiger partial charge in [-0.1, -0.05) is 44.6 Å². The lowest BCUT2D eigenvalue weighted by atomic mass is 9.80. The predicted molar refractivity (Wildman–Crippen MR) is 203 cm³/mol. The van der Waals surface area contributed by atoms with E-state index in [1.807, 2.05) is 79.9 Å². The summed E-state index contributed by atoms with van der Waals surface area (Å²) in [6.45, 7) is 10.9. The van der Waals surface area contributed by atoms with Crippen molar-refractivity contribution in [1.29, 1.82) is 0 Å². The molecule has 0 aromatic heterocycles. The Morgan fingerprint density at radius 3 is 1.73 bits per heavy atom. The first-order valence-corrected chi connectivity index (χ1v) is 17.8. The highest BCUT2D eigenvalue weighted by atomic mass is 16.6. The summed E-state index contributed by atoms with van der Waals surface area (Å²) in [6, 6.07) is 21.6. The molecule has 3 aromatic carbocycles. The summed E-state index contributed by atoms with van der Waals surface area (Å²) in [7, 11) is 2.03. The van der Waals surface area contributed by atoms with Crippen LogP contribution in [0.15, 0.2) is 124 Å². The van der Waals surface area contributed by atoms with Crippen molar-refractivity contribution >= 4 is 45.5 Å². The van der Waals surface area contributed by atoms with E-state index in [-0.39, 0.29) is 28.4 Å². The van der Waals surface area contributed by atoms with Gasteiger partial charge in [-0.3, -0.25) is 14.9 Å². The van der Waals surface area contributed by atoms with E-state index in [2.05, 4.69) is 45.4 Å². The normalized spacial score (nSPS) is 14.0. The molecule has 10 heteroatoms. The number of rotatable bonds is 16. The molecule has 5 rings (SSSR count). The molecule has 2 aliphatic rings. The van der Waals surface area contributed by atoms with E-state index < -0.39 is 4.92 Å². The second-order valence-electron chi connectivity index (χ2n) is 12.7. The van der Waals surface area contributed by atoms with E-state index in [1.165, 1.54) is 12.1 Å². The summed E-state index contributed by atoms with van der Waals surface area (Å²) in [4.78, 5) is 28.3. The molecule has 0 fully saturated rings. The molecule has 0 spiro atoms. The SMILES string of the molecule is CCCCN(CCCC)c1ccc(C2=C([O-])C(=C3C=CC(=[N+](C)CCN(CC)c4ccc(N=Nc5ccc([N+](=O)[O-])cc5)cc4)C=C3)C2=O)cc1. The zero-order chi connectivity index (χ0) is 36.3. The number of nitro benzene ring substituents is 1. The number of non-ortho nitro benzene ring substituents is 1. The van der Waals surface area contributed by atoms with E-state index in [0.29, 0.717) is 22.5 Å². The Kier molecular flexibility index (Phi) is 12.5. The molecule has 0 unspecified atom stereocenters. The second-order valence-corrected chi connectivity index (χ2v) is 12.7. The number of carbonyl (C=O) groups excluding carboxylic acids is 1. The van der Waals surface area contributed by atoms with E-state index in [9.17, 15) is 20.0 Å². The monoisotopic (exact) mass is 686 g/mol. The minimum absolute atomic E-state index is 0.0123. The highest BCUT2D eigenvalue weighted by molar-refractivity contribution is 6.39. The average Bonchev–Trinajstić information content (AvgIpc) is 3.15. The third kappa shape index (κ3) is 8.94. The Labute approximate surface area is 300 Å². The number of likely N-dealkylation sites (N-methyl/N-ethyl adjacent to an activating group) is 2. The first kappa shape index (κ1) is 36.6. The van der Waals surface area contributed by atoms with Crippen LogP contribution in [0.2, 0.25) is 0 Å². The summed E-state index contributed by atoms with van der Waals surface area (Å²) in [5.74, 6) is -0.389. The van der Waals surface area contributed by atoms with Gasteiger partial charge in [-0.25, -0.2) is 4.58 Å². The number of benzene rings is 3. The molecule has 2 aliphatic carbocycles. The van der Waals surface area contributed by atoms with Gasteiger partial charge in [-0.15, -0.1) is 0 Å². The van der Waals surface area contributed by atoms with Crippen molar-refractivity contribution in [3.8, 4) is 0 Å². The van der Waals surface area contributed by atoms with Gasteiger partial charge in [0.25, 0.3) is 5.69 Å². The minimum Gasteiger partial charge on any atom is -0.871 e. The number of ketones is 1. The number of nitrogens with zero attached hydrogens (tertiary/aromatic N) is 6. The van der Waals surface area contributed by atoms with Gasteiger partial charge in [0, 0.05) is 66.4 Å². The quantitative estimate of drug-likeness (QED) is 0.0494. The van der Waals surface area contributed by atoms with Crippen LogP contribution in [0, 0.1) is 10.1 Å². The molecule has 0 saturated carbocycles. The average molecular weight is 687 g/mol. The van der Waals surface area contributed by atoms with Crippen LogP contribution in [-0.2, 0) is 4.79 Å². The standard InChI is InChI=1S/C41H46N6O4/c1-5-8-26-46(27-9-6-2)36-20-12-31(13-21-36)39-40(48)38(41(39)49)30-10-18-34(19-11-30)44(4)28-29-45(7-3)35-22-14-32(15-23-35)42-43-33-16-24-37(25-17-33)47(50)51/h10-25H,5-9,26-29H2,1-4H3. The molecule has 3 aromatic rings. The van der Waals surface area contributed by atoms with Gasteiger partial charge in [0.2, 0.25) is 0 Å². The largest absolute Gasteiger partial charge is 0.871 e. The summed E-state index contributed by atoms with van der Waals surface area (Å²) in [5, 5.41) is 32.5. The van der Waals surface area contributed by atoms with E-state index in [0.717, 1.165) is 75.5 Å². The second kappa shape index (κ2) is 17.3. The molecule has 10 nitrogen and oxygen atoms in total. The van der Waals surface area contributed by atoms with Gasteiger partial charge < -0.3 is 14.9 Å². The number of hydrogen-bond donors (Lipinski definition) is 0. The van der Waals surface area contributed by atoms with Crippen LogP contribution >= 0.6 is 0 Å². The van der Waals surface area contributed by atoms with E-state index in [1.54, 1.807) is 12.1 Å². The molecule has 0 heterocycles. The van der Waals surface area contributed by atoms with Gasteiger partial charge in [0.15, 0.2) is 18.0 Å². The third-order valence-corrected chi connectivity index (χ3v) is 9.23. The molecule has 0 aliphatic heterocycles. The summed E-state index contributed by atoms with van der Waals surface area (Å²) < 4.78 is 2.15. The fraction of sp³-hybridized carbons (Fsp3) is 0.317. The Bertz CT molecular complexity index is 1880. The molecular weight excluding hydrogens is 640 g/mol. The van der Waals surface area contributed by atoms with Crippen LogP contribution < -0.4 is 14.9 Å². The maximum absolute atomic E-state index is 13.2. The molecule has 0 saturated heterocycles. The van der Waals surface area contributed by atoms with Crippen molar-refractivity contribution < 1.29 is 19.4 Å². The van der Waals surface area contributed by atoms with Gasteiger partial charge >= 0.3 is 0 Å². The number of azo groups is 1. The number of Topliss-reactive ketones (excluding diaryl/α,β-unsaturated/α-hetero) is 1. The molecule has 0 amide bonds. The lowest BCUT2D eigenvalue weighted by Crippen LogP contribution is -2.32.